The number of pyridine rings is 1. The van der Waals surface area contributed by atoms with Gasteiger partial charge in [-0.25, -0.2) is 4.98 Å². The van der Waals surface area contributed by atoms with Gasteiger partial charge in [0.15, 0.2) is 0 Å². The Balaban J connectivity index is 1.45. The molecule has 0 aliphatic heterocycles. The molecule has 0 saturated heterocycles. The average Bonchev–Trinajstić information content (AvgIpc) is 2.78. The summed E-state index contributed by atoms with van der Waals surface area (Å²) in [4.78, 5) is 24.6. The molecule has 4 rings (SSSR count). The van der Waals surface area contributed by atoms with Gasteiger partial charge in [-0.3, -0.25) is 9.78 Å². The lowest BCUT2D eigenvalue weighted by Crippen LogP contribution is -2.18. The van der Waals surface area contributed by atoms with Crippen molar-refractivity contribution in [3.05, 3.63) is 48.4 Å². The molecular weight excluding hydrogens is 368 g/mol. The van der Waals surface area contributed by atoms with Crippen molar-refractivity contribution in [2.45, 2.75) is 32.1 Å². The van der Waals surface area contributed by atoms with Gasteiger partial charge in [0.2, 0.25) is 0 Å². The Morgan fingerprint density at radius 3 is 2.76 bits per heavy atom. The summed E-state index contributed by atoms with van der Waals surface area (Å²) in [5, 5.41) is 3.40. The summed E-state index contributed by atoms with van der Waals surface area (Å²) in [6, 6.07) is 9.29. The minimum atomic E-state index is -0.261. The van der Waals surface area contributed by atoms with Gasteiger partial charge < -0.3 is 14.8 Å². The molecule has 150 valence electrons. The Hall–Kier alpha value is -3.22. The van der Waals surface area contributed by atoms with Crippen LogP contribution in [0.25, 0.3) is 10.9 Å². The van der Waals surface area contributed by atoms with Crippen LogP contribution >= 0.6 is 0 Å². The Morgan fingerprint density at radius 2 is 1.93 bits per heavy atom. The minimum absolute atomic E-state index is 0.261. The zero-order chi connectivity index (χ0) is 20.1. The topological polar surface area (TPSA) is 86.2 Å². The molecule has 0 atom stereocenters. The number of carbonyl (C=O) groups is 1. The third-order valence-corrected chi connectivity index (χ3v) is 5.13. The first kappa shape index (κ1) is 19.1. The summed E-state index contributed by atoms with van der Waals surface area (Å²) in [6.45, 7) is 0.683. The fraction of sp³-hybridized carbons (Fsp3) is 0.364. The quantitative estimate of drug-likeness (QED) is 0.679. The van der Waals surface area contributed by atoms with E-state index in [9.17, 15) is 4.79 Å². The molecule has 1 aliphatic rings. The van der Waals surface area contributed by atoms with E-state index < -0.39 is 0 Å². The van der Waals surface area contributed by atoms with Crippen LogP contribution in [0.3, 0.4) is 0 Å². The van der Waals surface area contributed by atoms with Crippen molar-refractivity contribution in [3.8, 4) is 17.5 Å². The summed E-state index contributed by atoms with van der Waals surface area (Å²) >= 11 is 0. The Kier molecular flexibility index (Phi) is 5.84. The maximum Gasteiger partial charge on any atom is 0.316 e. The molecule has 7 heteroatoms. The minimum Gasteiger partial charge on any atom is -0.463 e. The van der Waals surface area contributed by atoms with Gasteiger partial charge >= 0.3 is 6.01 Å². The van der Waals surface area contributed by atoms with E-state index in [1.54, 1.807) is 31.6 Å². The molecule has 2 heterocycles. The number of carbonyl (C=O) groups excluding carboxylic acids is 1. The van der Waals surface area contributed by atoms with E-state index in [2.05, 4.69) is 20.3 Å². The molecular formula is C22H24N4O3. The van der Waals surface area contributed by atoms with Crippen molar-refractivity contribution in [1.29, 1.82) is 0 Å². The van der Waals surface area contributed by atoms with Crippen LogP contribution in [0.5, 0.6) is 17.5 Å². The van der Waals surface area contributed by atoms with E-state index in [0.717, 1.165) is 10.9 Å². The lowest BCUT2D eigenvalue weighted by Gasteiger charge is -2.20. The molecule has 2 aromatic heterocycles. The van der Waals surface area contributed by atoms with Gasteiger partial charge in [-0.2, -0.15) is 4.98 Å². The predicted molar refractivity (Wildman–Crippen MR) is 109 cm³/mol. The number of nitrogens with one attached hydrogen (secondary N) is 1. The first-order chi connectivity index (χ1) is 14.2. The normalized spacial score (nSPS) is 14.5. The zero-order valence-corrected chi connectivity index (χ0v) is 16.4. The Morgan fingerprint density at radius 1 is 1.10 bits per heavy atom. The van der Waals surface area contributed by atoms with Crippen LogP contribution in [-0.2, 0) is 0 Å². The van der Waals surface area contributed by atoms with E-state index in [4.69, 9.17) is 9.47 Å². The summed E-state index contributed by atoms with van der Waals surface area (Å²) in [6.07, 6.45) is 9.65. The standard InChI is InChI=1S/C22H24N4O3/c1-23-21(27)20-12-18(9-10-24-20)29-17-7-8-19-16(11-17)13-25-22(26-19)28-14-15-5-3-2-4-6-15/h7-13,15H,2-6,14H2,1H3,(H,23,27). The fourth-order valence-electron chi connectivity index (χ4n) is 3.54. The van der Waals surface area contributed by atoms with Crippen LogP contribution < -0.4 is 14.8 Å². The lowest BCUT2D eigenvalue weighted by atomic mass is 9.90. The van der Waals surface area contributed by atoms with E-state index in [1.165, 1.54) is 32.1 Å². The monoisotopic (exact) mass is 392 g/mol. The number of hydrogen-bond donors (Lipinski definition) is 1. The second kappa shape index (κ2) is 8.86. The summed E-state index contributed by atoms with van der Waals surface area (Å²) < 4.78 is 11.7. The van der Waals surface area contributed by atoms with Crippen LogP contribution in [0.1, 0.15) is 42.6 Å². The number of hydrogen-bond acceptors (Lipinski definition) is 6. The first-order valence-corrected chi connectivity index (χ1v) is 9.97. The van der Waals surface area contributed by atoms with Crippen molar-refractivity contribution < 1.29 is 14.3 Å². The van der Waals surface area contributed by atoms with Gasteiger partial charge in [0.05, 0.1) is 12.1 Å². The van der Waals surface area contributed by atoms with Gasteiger partial charge in [-0.15, -0.1) is 0 Å². The number of benzene rings is 1. The highest BCUT2D eigenvalue weighted by Crippen LogP contribution is 2.27. The smallest absolute Gasteiger partial charge is 0.316 e. The highest BCUT2D eigenvalue weighted by atomic mass is 16.5. The third kappa shape index (κ3) is 4.80. The second-order valence-corrected chi connectivity index (χ2v) is 7.25. The maximum absolute atomic E-state index is 11.7. The number of aromatic nitrogens is 3. The zero-order valence-electron chi connectivity index (χ0n) is 16.4. The molecule has 1 amide bonds. The van der Waals surface area contributed by atoms with E-state index >= 15 is 0 Å². The predicted octanol–water partition coefficient (Wildman–Crippen LogP) is 4.14. The second-order valence-electron chi connectivity index (χ2n) is 7.25. The molecule has 1 N–H and O–H groups in total. The van der Waals surface area contributed by atoms with Crippen molar-refractivity contribution in [2.24, 2.45) is 5.92 Å². The van der Waals surface area contributed by atoms with Crippen molar-refractivity contribution in [2.75, 3.05) is 13.7 Å². The van der Waals surface area contributed by atoms with Gasteiger partial charge in [0, 0.05) is 30.9 Å². The Bertz CT molecular complexity index is 1000. The largest absolute Gasteiger partial charge is 0.463 e. The summed E-state index contributed by atoms with van der Waals surface area (Å²) in [7, 11) is 1.56. The molecule has 1 aromatic carbocycles. The molecule has 29 heavy (non-hydrogen) atoms. The lowest BCUT2D eigenvalue weighted by molar-refractivity contribution is 0.0958. The molecule has 0 spiro atoms. The number of ether oxygens (including phenoxy) is 2. The highest BCUT2D eigenvalue weighted by molar-refractivity contribution is 5.92. The summed E-state index contributed by atoms with van der Waals surface area (Å²) in [5.41, 5.74) is 1.10. The number of rotatable bonds is 6. The molecule has 1 saturated carbocycles. The molecule has 0 radical (unpaired) electrons. The van der Waals surface area contributed by atoms with Crippen molar-refractivity contribution in [3.63, 3.8) is 0 Å². The fourth-order valence-corrected chi connectivity index (χ4v) is 3.54. The number of fused-ring (bicyclic) bond motifs is 1. The van der Waals surface area contributed by atoms with Crippen LogP contribution in [-0.4, -0.2) is 34.5 Å². The van der Waals surface area contributed by atoms with Gasteiger partial charge in [0.25, 0.3) is 5.91 Å². The molecule has 1 aliphatic carbocycles. The third-order valence-electron chi connectivity index (χ3n) is 5.13. The van der Waals surface area contributed by atoms with E-state index in [1.807, 2.05) is 18.2 Å². The van der Waals surface area contributed by atoms with Crippen molar-refractivity contribution >= 4 is 16.8 Å². The number of amides is 1. The van der Waals surface area contributed by atoms with Crippen LogP contribution in [0.15, 0.2) is 42.7 Å². The molecule has 1 fully saturated rings. The molecule has 7 nitrogen and oxygen atoms in total. The van der Waals surface area contributed by atoms with Crippen LogP contribution in [0.4, 0.5) is 0 Å². The van der Waals surface area contributed by atoms with Gasteiger partial charge in [-0.05, 0) is 43.0 Å². The highest BCUT2D eigenvalue weighted by Gasteiger charge is 2.15. The SMILES string of the molecule is CNC(=O)c1cc(Oc2ccc3nc(OCC4CCCCC4)ncc3c2)ccn1. The molecule has 3 aromatic rings. The van der Waals surface area contributed by atoms with E-state index in [0.29, 0.717) is 35.7 Å². The molecule has 0 bridgehead atoms. The van der Waals surface area contributed by atoms with Crippen molar-refractivity contribution in [1.82, 2.24) is 20.3 Å². The van der Waals surface area contributed by atoms with Crippen LogP contribution in [0, 0.1) is 5.92 Å². The number of nitrogens with zero attached hydrogens (tertiary/aromatic N) is 3. The maximum atomic E-state index is 11.7. The van der Waals surface area contributed by atoms with Gasteiger partial charge in [0.1, 0.15) is 17.2 Å². The van der Waals surface area contributed by atoms with Gasteiger partial charge in [-0.1, -0.05) is 19.3 Å². The van der Waals surface area contributed by atoms with Crippen LogP contribution in [0.2, 0.25) is 0 Å². The Labute approximate surface area is 169 Å². The molecule has 0 unspecified atom stereocenters. The van der Waals surface area contributed by atoms with E-state index in [-0.39, 0.29) is 5.91 Å². The average molecular weight is 392 g/mol. The first-order valence-electron chi connectivity index (χ1n) is 9.97. The summed E-state index contributed by atoms with van der Waals surface area (Å²) in [5.74, 6) is 1.51.